The van der Waals surface area contributed by atoms with Crippen molar-refractivity contribution in [2.45, 2.75) is 0 Å². The average Bonchev–Trinajstić information content (AvgIpc) is 2.32. The van der Waals surface area contributed by atoms with Crippen LogP contribution < -0.4 is 11.1 Å². The van der Waals surface area contributed by atoms with Crippen molar-refractivity contribution in [3.8, 4) is 5.75 Å². The highest BCUT2D eigenvalue weighted by Gasteiger charge is 2.14. The number of phenols is 1. The molecular formula is C11H17N3O4S. The van der Waals surface area contributed by atoms with E-state index in [0.717, 1.165) is 4.31 Å². The van der Waals surface area contributed by atoms with E-state index in [9.17, 15) is 18.3 Å². The van der Waals surface area contributed by atoms with Gasteiger partial charge in [0, 0.05) is 26.2 Å². The van der Waals surface area contributed by atoms with Gasteiger partial charge in [-0.15, -0.1) is 0 Å². The van der Waals surface area contributed by atoms with Crippen molar-refractivity contribution in [3.63, 3.8) is 0 Å². The summed E-state index contributed by atoms with van der Waals surface area (Å²) in [5.41, 5.74) is 5.80. The van der Waals surface area contributed by atoms with Gasteiger partial charge < -0.3 is 16.2 Å². The number of carbonyl (C=O) groups excluding carboxylic acids is 1. The Morgan fingerprint density at radius 1 is 1.42 bits per heavy atom. The third kappa shape index (κ3) is 4.11. The van der Waals surface area contributed by atoms with Crippen LogP contribution in [0.5, 0.6) is 5.75 Å². The Labute approximate surface area is 112 Å². The number of nitrogen functional groups attached to an aromatic ring is 1. The molecule has 0 saturated heterocycles. The Hall–Kier alpha value is -1.80. The van der Waals surface area contributed by atoms with Crippen LogP contribution >= 0.6 is 0 Å². The van der Waals surface area contributed by atoms with Crippen LogP contribution in [0.4, 0.5) is 5.69 Å². The van der Waals surface area contributed by atoms with Gasteiger partial charge in [-0.3, -0.25) is 4.79 Å². The number of phenolic OH excluding ortho intramolecular Hbond substituents is 1. The van der Waals surface area contributed by atoms with E-state index in [2.05, 4.69) is 5.32 Å². The molecule has 4 N–H and O–H groups in total. The van der Waals surface area contributed by atoms with Gasteiger partial charge in [0.25, 0.3) is 5.91 Å². The highest BCUT2D eigenvalue weighted by atomic mass is 32.2. The maximum atomic E-state index is 11.7. The van der Waals surface area contributed by atoms with Gasteiger partial charge in [0.2, 0.25) is 10.0 Å². The Balaban J connectivity index is 2.59. The Morgan fingerprint density at radius 3 is 2.58 bits per heavy atom. The Bertz CT molecular complexity index is 569. The fraction of sp³-hybridized carbons (Fsp3) is 0.364. The summed E-state index contributed by atoms with van der Waals surface area (Å²) >= 11 is 0. The minimum absolute atomic E-state index is 0.00944. The Morgan fingerprint density at radius 2 is 2.05 bits per heavy atom. The number of nitrogens with zero attached hydrogens (tertiary/aromatic N) is 1. The number of anilines is 1. The molecule has 106 valence electrons. The van der Waals surface area contributed by atoms with Gasteiger partial charge in [-0.25, -0.2) is 12.7 Å². The molecule has 1 amide bonds. The lowest BCUT2D eigenvalue weighted by Gasteiger charge is -2.11. The molecule has 19 heavy (non-hydrogen) atoms. The van der Waals surface area contributed by atoms with E-state index >= 15 is 0 Å². The van der Waals surface area contributed by atoms with E-state index < -0.39 is 15.9 Å². The van der Waals surface area contributed by atoms with E-state index in [4.69, 9.17) is 5.73 Å². The lowest BCUT2D eigenvalue weighted by molar-refractivity contribution is 0.0955. The molecule has 0 spiro atoms. The summed E-state index contributed by atoms with van der Waals surface area (Å²) in [5.74, 6) is -0.843. The monoisotopic (exact) mass is 287 g/mol. The number of sulfonamides is 1. The summed E-state index contributed by atoms with van der Waals surface area (Å²) in [4.78, 5) is 11.7. The van der Waals surface area contributed by atoms with Crippen molar-refractivity contribution in [1.82, 2.24) is 9.62 Å². The molecule has 1 rings (SSSR count). The minimum atomic E-state index is -3.34. The molecular weight excluding hydrogens is 270 g/mol. The van der Waals surface area contributed by atoms with Gasteiger partial charge in [0.05, 0.1) is 11.4 Å². The molecule has 0 heterocycles. The van der Waals surface area contributed by atoms with Gasteiger partial charge in [0.15, 0.2) is 0 Å². The van der Waals surface area contributed by atoms with Crippen molar-refractivity contribution < 1.29 is 18.3 Å². The van der Waals surface area contributed by atoms with Crippen LogP contribution in [0.1, 0.15) is 10.4 Å². The number of benzene rings is 1. The van der Waals surface area contributed by atoms with Gasteiger partial charge in [0.1, 0.15) is 5.75 Å². The number of carbonyl (C=O) groups is 1. The maximum Gasteiger partial charge on any atom is 0.251 e. The van der Waals surface area contributed by atoms with Crippen LogP contribution in [0.15, 0.2) is 18.2 Å². The molecule has 0 unspecified atom stereocenters. The molecule has 0 saturated carbocycles. The van der Waals surface area contributed by atoms with Crippen LogP contribution in [0.2, 0.25) is 0 Å². The zero-order chi connectivity index (χ0) is 14.6. The van der Waals surface area contributed by atoms with E-state index in [1.54, 1.807) is 0 Å². The number of hydrogen-bond acceptors (Lipinski definition) is 5. The number of aromatic hydroxyl groups is 1. The standard InChI is InChI=1S/C11H17N3O4S/c1-14(2)19(17,18)6-5-13-11(16)8-3-4-9(12)10(15)7-8/h3-4,7,15H,5-6,12H2,1-2H3,(H,13,16). The maximum absolute atomic E-state index is 11.7. The van der Waals surface area contributed by atoms with E-state index in [-0.39, 0.29) is 29.3 Å². The molecule has 0 fully saturated rings. The first-order valence-corrected chi connectivity index (χ1v) is 7.12. The van der Waals surface area contributed by atoms with Crippen LogP contribution in [-0.2, 0) is 10.0 Å². The third-order valence-electron chi connectivity index (χ3n) is 2.49. The second-order valence-electron chi connectivity index (χ2n) is 4.13. The molecule has 7 nitrogen and oxygen atoms in total. The normalized spacial score (nSPS) is 11.5. The SMILES string of the molecule is CN(C)S(=O)(=O)CCNC(=O)c1ccc(N)c(O)c1. The van der Waals surface area contributed by atoms with Crippen molar-refractivity contribution in [2.24, 2.45) is 0 Å². The topological polar surface area (TPSA) is 113 Å². The molecule has 8 heteroatoms. The van der Waals surface area contributed by atoms with Crippen LogP contribution in [0.25, 0.3) is 0 Å². The summed E-state index contributed by atoms with van der Waals surface area (Å²) in [6, 6.07) is 4.08. The van der Waals surface area contributed by atoms with E-state index in [0.29, 0.717) is 0 Å². The predicted molar refractivity (Wildman–Crippen MR) is 72.3 cm³/mol. The number of nitrogens with one attached hydrogen (secondary N) is 1. The minimum Gasteiger partial charge on any atom is -0.506 e. The lowest BCUT2D eigenvalue weighted by Crippen LogP contribution is -2.33. The van der Waals surface area contributed by atoms with Gasteiger partial charge in [-0.2, -0.15) is 0 Å². The molecule has 0 radical (unpaired) electrons. The summed E-state index contributed by atoms with van der Waals surface area (Å²) in [6.45, 7) is -0.00944. The van der Waals surface area contributed by atoms with E-state index in [1.807, 2.05) is 0 Å². The van der Waals surface area contributed by atoms with Crippen molar-refractivity contribution in [3.05, 3.63) is 23.8 Å². The molecule has 0 aliphatic carbocycles. The van der Waals surface area contributed by atoms with Crippen molar-refractivity contribution in [1.29, 1.82) is 0 Å². The highest BCUT2D eigenvalue weighted by molar-refractivity contribution is 7.89. The summed E-state index contributed by atoms with van der Waals surface area (Å²) in [5, 5.41) is 11.8. The van der Waals surface area contributed by atoms with Gasteiger partial charge >= 0.3 is 0 Å². The van der Waals surface area contributed by atoms with Crippen molar-refractivity contribution >= 4 is 21.6 Å². The van der Waals surface area contributed by atoms with Crippen LogP contribution in [0, 0.1) is 0 Å². The molecule has 0 atom stereocenters. The fourth-order valence-electron chi connectivity index (χ4n) is 1.26. The molecule has 0 aliphatic heterocycles. The number of nitrogens with two attached hydrogens (primary N) is 1. The summed E-state index contributed by atoms with van der Waals surface area (Å²) in [7, 11) is -0.490. The molecule has 1 aromatic carbocycles. The summed E-state index contributed by atoms with van der Waals surface area (Å²) < 4.78 is 24.0. The molecule has 0 aromatic heterocycles. The molecule has 0 bridgehead atoms. The van der Waals surface area contributed by atoms with Crippen LogP contribution in [-0.4, -0.2) is 50.1 Å². The summed E-state index contributed by atoms with van der Waals surface area (Å²) in [6.07, 6.45) is 0. The van der Waals surface area contributed by atoms with Crippen LogP contribution in [0.3, 0.4) is 0 Å². The highest BCUT2D eigenvalue weighted by Crippen LogP contribution is 2.20. The van der Waals surface area contributed by atoms with Gasteiger partial charge in [-0.05, 0) is 18.2 Å². The number of hydrogen-bond donors (Lipinski definition) is 3. The zero-order valence-corrected chi connectivity index (χ0v) is 11.6. The first-order chi connectivity index (χ1) is 8.74. The third-order valence-corrected chi connectivity index (χ3v) is 4.33. The first kappa shape index (κ1) is 15.3. The smallest absolute Gasteiger partial charge is 0.251 e. The Kier molecular flexibility index (Phi) is 4.73. The second-order valence-corrected chi connectivity index (χ2v) is 6.43. The zero-order valence-electron chi connectivity index (χ0n) is 10.8. The lowest BCUT2D eigenvalue weighted by atomic mass is 10.2. The second kappa shape index (κ2) is 5.89. The molecule has 1 aromatic rings. The fourth-order valence-corrected chi connectivity index (χ4v) is 1.99. The predicted octanol–water partition coefficient (Wildman–Crippen LogP) is -0.404. The largest absolute Gasteiger partial charge is 0.506 e. The van der Waals surface area contributed by atoms with Crippen molar-refractivity contribution in [2.75, 3.05) is 32.1 Å². The number of amides is 1. The quantitative estimate of drug-likeness (QED) is 0.503. The van der Waals surface area contributed by atoms with E-state index in [1.165, 1.54) is 32.3 Å². The average molecular weight is 287 g/mol. The number of rotatable bonds is 5. The molecule has 0 aliphatic rings. The van der Waals surface area contributed by atoms with Gasteiger partial charge in [-0.1, -0.05) is 0 Å². The first-order valence-electron chi connectivity index (χ1n) is 5.51.